The van der Waals surface area contributed by atoms with E-state index in [2.05, 4.69) is 43.6 Å². The zero-order valence-electron chi connectivity index (χ0n) is 41.8. The number of methoxy groups -OCH3 is 4. The van der Waals surface area contributed by atoms with Crippen molar-refractivity contribution in [2.45, 2.75) is 131 Å². The smallest absolute Gasteiger partial charge is 0.391 e. The molecule has 3 heterocycles. The van der Waals surface area contributed by atoms with E-state index in [4.69, 9.17) is 18.9 Å². The third-order valence-corrected chi connectivity index (χ3v) is 13.0. The first-order valence-electron chi connectivity index (χ1n) is 23.9. The van der Waals surface area contributed by atoms with Crippen molar-refractivity contribution in [2.75, 3.05) is 74.4 Å². The second kappa shape index (κ2) is 27.3. The summed E-state index contributed by atoms with van der Waals surface area (Å²) in [4.78, 5) is 6.49. The standard InChI is InChI=1S/C18H26F3NO2.C18H28FNO2.C14H18F3NO.C2H6/c1-12(2)16-15(23-3)6-5-13(17(16)24-4)11-22-9-7-14(8-10-22)18(19,20)21;1-13(2)17-16(21-3)6-5-15(18(17)22-4)12-20-9-7-14(11-19)8-10-20;1-10-8-11(2-3-13(10)19)9-18-6-4-12(5-7-18)14(15,16)17;1-2/h5-6,12,14H,7-11H2,1-4H3;5-6,13-14H,7-12H2,1-4H3;2-3,8,12,19H,4-7,9H2,1H3;1-2H3. The van der Waals surface area contributed by atoms with E-state index in [0.29, 0.717) is 45.2 Å². The predicted octanol–water partition coefficient (Wildman–Crippen LogP) is 13.1. The van der Waals surface area contributed by atoms with Crippen molar-refractivity contribution in [1.29, 1.82) is 0 Å². The van der Waals surface area contributed by atoms with Crippen LogP contribution in [0.1, 0.15) is 125 Å². The number of alkyl halides is 7. The second-order valence-corrected chi connectivity index (χ2v) is 18.2. The lowest BCUT2D eigenvalue weighted by molar-refractivity contribution is -0.186. The van der Waals surface area contributed by atoms with Crippen molar-refractivity contribution in [1.82, 2.24) is 14.7 Å². The van der Waals surface area contributed by atoms with Gasteiger partial charge in [0.25, 0.3) is 0 Å². The normalized spacial score (nSPS) is 17.2. The van der Waals surface area contributed by atoms with Gasteiger partial charge < -0.3 is 24.1 Å². The van der Waals surface area contributed by atoms with E-state index in [-0.39, 0.29) is 49.9 Å². The van der Waals surface area contributed by atoms with E-state index in [1.54, 1.807) is 34.5 Å². The number of phenolic OH excluding ortho intramolecular Hbond substituents is 1. The summed E-state index contributed by atoms with van der Waals surface area (Å²) in [5, 5.41) is 9.44. The van der Waals surface area contributed by atoms with Crippen LogP contribution in [0, 0.1) is 24.7 Å². The van der Waals surface area contributed by atoms with Gasteiger partial charge in [0.05, 0.1) is 46.9 Å². The van der Waals surface area contributed by atoms with Gasteiger partial charge in [0.2, 0.25) is 0 Å². The lowest BCUT2D eigenvalue weighted by atomic mass is 9.94. The molecule has 67 heavy (non-hydrogen) atoms. The summed E-state index contributed by atoms with van der Waals surface area (Å²) < 4.78 is 111. The molecular weight excluding hydrogens is 880 g/mol. The van der Waals surface area contributed by atoms with Gasteiger partial charge in [-0.05, 0) is 132 Å². The first-order valence-corrected chi connectivity index (χ1v) is 23.9. The van der Waals surface area contributed by atoms with Gasteiger partial charge in [-0.25, -0.2) is 0 Å². The number of ether oxygens (including phenoxy) is 4. The number of likely N-dealkylation sites (tertiary alicyclic amines) is 3. The Morgan fingerprint density at radius 2 is 0.940 bits per heavy atom. The SMILES string of the molecule is CC.COc1ccc(CN2CCC(C(F)(F)F)CC2)c(OC)c1C(C)C.COc1ccc(CN2CCC(CF)CC2)c(OC)c1C(C)C.Cc1cc(CN2CCC(C(F)(F)F)CC2)ccc1O. The molecule has 0 atom stereocenters. The van der Waals surface area contributed by atoms with Crippen LogP contribution in [0.4, 0.5) is 30.7 Å². The molecule has 0 radical (unpaired) electrons. The molecule has 0 aliphatic carbocycles. The van der Waals surface area contributed by atoms with Crippen LogP contribution in [0.15, 0.2) is 42.5 Å². The summed E-state index contributed by atoms with van der Waals surface area (Å²) in [7, 11) is 6.67. The van der Waals surface area contributed by atoms with Crippen LogP contribution in [0.2, 0.25) is 0 Å². The molecule has 0 bridgehead atoms. The highest BCUT2D eigenvalue weighted by molar-refractivity contribution is 5.53. The highest BCUT2D eigenvalue weighted by Crippen LogP contribution is 2.41. The molecule has 15 heteroatoms. The van der Waals surface area contributed by atoms with Crippen molar-refractivity contribution in [2.24, 2.45) is 17.8 Å². The van der Waals surface area contributed by atoms with Crippen LogP contribution in [0.3, 0.4) is 0 Å². The highest BCUT2D eigenvalue weighted by Gasteiger charge is 2.42. The van der Waals surface area contributed by atoms with Crippen molar-refractivity contribution in [3.63, 3.8) is 0 Å². The molecule has 3 aliphatic heterocycles. The fraction of sp³-hybridized carbons (Fsp3) is 0.654. The van der Waals surface area contributed by atoms with Crippen LogP contribution in [0.5, 0.6) is 28.7 Å². The average Bonchev–Trinajstić information content (AvgIpc) is 3.30. The van der Waals surface area contributed by atoms with E-state index in [9.17, 15) is 35.8 Å². The monoisotopic (exact) mass is 958 g/mol. The summed E-state index contributed by atoms with van der Waals surface area (Å²) in [5.74, 6) is 2.12. The topological polar surface area (TPSA) is 66.9 Å². The third kappa shape index (κ3) is 16.9. The molecular formula is C52H78F7N3O5. The molecule has 380 valence electrons. The molecule has 0 spiro atoms. The van der Waals surface area contributed by atoms with Crippen molar-refractivity contribution in [3.05, 3.63) is 75.8 Å². The van der Waals surface area contributed by atoms with Gasteiger partial charge in [-0.3, -0.25) is 19.1 Å². The van der Waals surface area contributed by atoms with Gasteiger partial charge in [-0.1, -0.05) is 65.8 Å². The number of aromatic hydroxyl groups is 1. The zero-order valence-corrected chi connectivity index (χ0v) is 41.8. The molecule has 3 aliphatic rings. The van der Waals surface area contributed by atoms with Gasteiger partial charge in [0, 0.05) is 41.9 Å². The zero-order chi connectivity index (χ0) is 50.1. The van der Waals surface area contributed by atoms with E-state index >= 15 is 0 Å². The largest absolute Gasteiger partial charge is 0.508 e. The van der Waals surface area contributed by atoms with Crippen LogP contribution >= 0.6 is 0 Å². The van der Waals surface area contributed by atoms with Crippen molar-refractivity contribution in [3.8, 4) is 28.7 Å². The van der Waals surface area contributed by atoms with Crippen molar-refractivity contribution >= 4 is 0 Å². The van der Waals surface area contributed by atoms with Gasteiger partial charge >= 0.3 is 12.4 Å². The summed E-state index contributed by atoms with van der Waals surface area (Å²) >= 11 is 0. The highest BCUT2D eigenvalue weighted by atomic mass is 19.4. The van der Waals surface area contributed by atoms with Gasteiger partial charge in [0.15, 0.2) is 0 Å². The summed E-state index contributed by atoms with van der Waals surface area (Å²) in [6.45, 7) is 19.9. The second-order valence-electron chi connectivity index (χ2n) is 18.2. The van der Waals surface area contributed by atoms with Gasteiger partial charge in [-0.15, -0.1) is 0 Å². The minimum atomic E-state index is -4.07. The number of nitrogens with zero attached hydrogens (tertiary/aromatic N) is 3. The van der Waals surface area contributed by atoms with E-state index in [1.165, 1.54) is 5.56 Å². The Morgan fingerprint density at radius 3 is 1.25 bits per heavy atom. The van der Waals surface area contributed by atoms with Crippen LogP contribution in [-0.2, 0) is 19.6 Å². The molecule has 0 saturated carbocycles. The number of phenols is 1. The minimum Gasteiger partial charge on any atom is -0.508 e. The maximum atomic E-state index is 12.8. The average molecular weight is 958 g/mol. The summed E-state index contributed by atoms with van der Waals surface area (Å²) in [5.41, 5.74) is 6.13. The Labute approximate surface area is 396 Å². The number of rotatable bonds is 13. The first-order chi connectivity index (χ1) is 31.7. The quantitative estimate of drug-likeness (QED) is 0.170. The summed E-state index contributed by atoms with van der Waals surface area (Å²) in [6, 6.07) is 13.3. The molecule has 8 nitrogen and oxygen atoms in total. The molecule has 0 aromatic heterocycles. The predicted molar refractivity (Wildman–Crippen MR) is 254 cm³/mol. The number of hydrogen-bond donors (Lipinski definition) is 1. The number of piperidine rings is 3. The van der Waals surface area contributed by atoms with Gasteiger partial charge in [0.1, 0.15) is 28.7 Å². The lowest BCUT2D eigenvalue weighted by Crippen LogP contribution is -2.38. The Balaban J connectivity index is 0.000000263. The van der Waals surface area contributed by atoms with Crippen molar-refractivity contribution < 1.29 is 54.8 Å². The molecule has 3 aromatic carbocycles. The number of hydrogen-bond acceptors (Lipinski definition) is 8. The lowest BCUT2D eigenvalue weighted by Gasteiger charge is -2.33. The molecule has 1 N–H and O–H groups in total. The van der Waals surface area contributed by atoms with Gasteiger partial charge in [-0.2, -0.15) is 26.3 Å². The Kier molecular flexibility index (Phi) is 23.4. The molecule has 3 saturated heterocycles. The molecule has 3 fully saturated rings. The van der Waals surface area contributed by atoms with Crippen LogP contribution in [0.25, 0.3) is 0 Å². The maximum Gasteiger partial charge on any atom is 0.391 e. The number of aryl methyl sites for hydroxylation is 1. The van der Waals surface area contributed by atoms with E-state index in [0.717, 1.165) is 83.3 Å². The Bertz CT molecular complexity index is 1900. The fourth-order valence-electron chi connectivity index (χ4n) is 9.13. The molecule has 6 rings (SSSR count). The van der Waals surface area contributed by atoms with Crippen LogP contribution in [-0.4, -0.2) is 107 Å². The van der Waals surface area contributed by atoms with E-state index < -0.39 is 24.2 Å². The molecule has 0 amide bonds. The Hall–Kier alpha value is -3.95. The Morgan fingerprint density at radius 1 is 0.567 bits per heavy atom. The summed E-state index contributed by atoms with van der Waals surface area (Å²) in [6.07, 6.45) is -5.53. The maximum absolute atomic E-state index is 12.8. The minimum absolute atomic E-state index is 0.166. The third-order valence-electron chi connectivity index (χ3n) is 13.0. The number of benzene rings is 3. The fourth-order valence-corrected chi connectivity index (χ4v) is 9.13. The molecule has 0 unspecified atom stereocenters. The number of halogens is 7. The first kappa shape index (κ1) is 57.4. The van der Waals surface area contributed by atoms with E-state index in [1.807, 2.05) is 56.0 Å². The molecule has 3 aromatic rings. The van der Waals surface area contributed by atoms with Crippen LogP contribution < -0.4 is 18.9 Å².